The molecule has 0 bridgehead atoms. The van der Waals surface area contributed by atoms with Gasteiger partial charge in [0.15, 0.2) is 0 Å². The summed E-state index contributed by atoms with van der Waals surface area (Å²) in [6.07, 6.45) is 0.0167. The fraction of sp³-hybridized carbons (Fsp3) is 0.125. The Labute approximate surface area is 130 Å². The molecule has 2 N–H and O–H groups in total. The second-order valence-electron chi connectivity index (χ2n) is 4.62. The minimum absolute atomic E-state index is 0.0167. The second-order valence-corrected chi connectivity index (χ2v) is 5.42. The summed E-state index contributed by atoms with van der Waals surface area (Å²) in [6.45, 7) is 1.93. The van der Waals surface area contributed by atoms with Gasteiger partial charge in [-0.25, -0.2) is 4.79 Å². The SMILES string of the molecule is Cc1cccc(NC(=O)Cc2ccccc2C(=O)O)c1Br. The number of carbonyl (C=O) groups is 2. The molecule has 4 nitrogen and oxygen atoms in total. The normalized spacial score (nSPS) is 10.2. The van der Waals surface area contributed by atoms with E-state index in [2.05, 4.69) is 21.2 Å². The number of nitrogens with one attached hydrogen (secondary N) is 1. The third-order valence-corrected chi connectivity index (χ3v) is 4.12. The Bertz CT molecular complexity index is 698. The molecule has 0 saturated heterocycles. The van der Waals surface area contributed by atoms with Crippen molar-refractivity contribution in [3.05, 3.63) is 63.6 Å². The number of halogens is 1. The van der Waals surface area contributed by atoms with Crippen LogP contribution in [0, 0.1) is 6.92 Å². The van der Waals surface area contributed by atoms with Gasteiger partial charge in [0.2, 0.25) is 5.91 Å². The highest BCUT2D eigenvalue weighted by molar-refractivity contribution is 9.10. The van der Waals surface area contributed by atoms with E-state index in [1.807, 2.05) is 19.1 Å². The smallest absolute Gasteiger partial charge is 0.335 e. The number of carboxylic acids is 1. The molecule has 1 amide bonds. The molecule has 0 aliphatic rings. The Hall–Kier alpha value is -2.14. The first-order valence-electron chi connectivity index (χ1n) is 6.35. The van der Waals surface area contributed by atoms with Crippen molar-refractivity contribution < 1.29 is 14.7 Å². The van der Waals surface area contributed by atoms with Crippen molar-refractivity contribution in [3.8, 4) is 0 Å². The molecule has 0 heterocycles. The third kappa shape index (κ3) is 3.70. The number of hydrogen-bond acceptors (Lipinski definition) is 2. The van der Waals surface area contributed by atoms with Crippen LogP contribution in [-0.2, 0) is 11.2 Å². The Morgan fingerprint density at radius 2 is 1.86 bits per heavy atom. The summed E-state index contributed by atoms with van der Waals surface area (Å²) >= 11 is 3.42. The number of amides is 1. The van der Waals surface area contributed by atoms with Crippen molar-refractivity contribution in [1.29, 1.82) is 0 Å². The standard InChI is InChI=1S/C16H14BrNO3/c1-10-5-4-8-13(15(10)17)18-14(19)9-11-6-2-3-7-12(11)16(20)21/h2-8H,9H2,1H3,(H,18,19)(H,20,21). The Morgan fingerprint density at radius 1 is 1.14 bits per heavy atom. The lowest BCUT2D eigenvalue weighted by Crippen LogP contribution is -2.16. The number of benzene rings is 2. The average Bonchev–Trinajstić information content (AvgIpc) is 2.44. The van der Waals surface area contributed by atoms with E-state index in [1.54, 1.807) is 24.3 Å². The van der Waals surface area contributed by atoms with Gasteiger partial charge in [-0.2, -0.15) is 0 Å². The van der Waals surface area contributed by atoms with Crippen molar-refractivity contribution >= 4 is 33.5 Å². The lowest BCUT2D eigenvalue weighted by molar-refractivity contribution is -0.115. The van der Waals surface area contributed by atoms with Crippen LogP contribution in [0.2, 0.25) is 0 Å². The van der Waals surface area contributed by atoms with Crippen molar-refractivity contribution in [3.63, 3.8) is 0 Å². The maximum absolute atomic E-state index is 12.1. The number of rotatable bonds is 4. The number of anilines is 1. The first-order chi connectivity index (χ1) is 9.99. The second kappa shape index (κ2) is 6.54. The van der Waals surface area contributed by atoms with Crippen molar-refractivity contribution in [1.82, 2.24) is 0 Å². The molecule has 0 radical (unpaired) electrons. The maximum atomic E-state index is 12.1. The summed E-state index contributed by atoms with van der Waals surface area (Å²) in [7, 11) is 0. The first-order valence-corrected chi connectivity index (χ1v) is 7.14. The zero-order valence-electron chi connectivity index (χ0n) is 11.4. The zero-order valence-corrected chi connectivity index (χ0v) is 13.0. The lowest BCUT2D eigenvalue weighted by atomic mass is 10.0. The highest BCUT2D eigenvalue weighted by atomic mass is 79.9. The highest BCUT2D eigenvalue weighted by Gasteiger charge is 2.13. The molecule has 21 heavy (non-hydrogen) atoms. The van der Waals surface area contributed by atoms with Gasteiger partial charge in [-0.1, -0.05) is 30.3 Å². The van der Waals surface area contributed by atoms with E-state index in [0.717, 1.165) is 10.0 Å². The number of aromatic carboxylic acids is 1. The molecule has 0 atom stereocenters. The summed E-state index contributed by atoms with van der Waals surface area (Å²) < 4.78 is 0.824. The van der Waals surface area contributed by atoms with Gasteiger partial charge in [0, 0.05) is 4.47 Å². The Balaban J connectivity index is 2.16. The monoisotopic (exact) mass is 347 g/mol. The van der Waals surface area contributed by atoms with Crippen LogP contribution in [0.3, 0.4) is 0 Å². The van der Waals surface area contributed by atoms with Crippen LogP contribution in [0.15, 0.2) is 46.9 Å². The van der Waals surface area contributed by atoms with Gasteiger partial charge in [0.1, 0.15) is 0 Å². The van der Waals surface area contributed by atoms with E-state index in [0.29, 0.717) is 11.3 Å². The molecule has 0 saturated carbocycles. The fourth-order valence-corrected chi connectivity index (χ4v) is 2.36. The molecule has 0 fully saturated rings. The van der Waals surface area contributed by atoms with E-state index in [-0.39, 0.29) is 17.9 Å². The molecule has 0 aromatic heterocycles. The van der Waals surface area contributed by atoms with Crippen LogP contribution < -0.4 is 5.32 Å². The molecule has 0 spiro atoms. The highest BCUT2D eigenvalue weighted by Crippen LogP contribution is 2.25. The van der Waals surface area contributed by atoms with Gasteiger partial charge >= 0.3 is 5.97 Å². The Kier molecular flexibility index (Phi) is 4.75. The molecule has 5 heteroatoms. The molecule has 2 aromatic rings. The molecule has 108 valence electrons. The van der Waals surface area contributed by atoms with Gasteiger partial charge in [0.05, 0.1) is 17.7 Å². The largest absolute Gasteiger partial charge is 0.478 e. The van der Waals surface area contributed by atoms with Gasteiger partial charge in [-0.15, -0.1) is 0 Å². The topological polar surface area (TPSA) is 66.4 Å². The number of hydrogen-bond donors (Lipinski definition) is 2. The fourth-order valence-electron chi connectivity index (χ4n) is 1.99. The molecular weight excluding hydrogens is 334 g/mol. The first kappa shape index (κ1) is 15.3. The predicted molar refractivity (Wildman–Crippen MR) is 84.6 cm³/mol. The van der Waals surface area contributed by atoms with Crippen molar-refractivity contribution in [2.24, 2.45) is 0 Å². The van der Waals surface area contributed by atoms with E-state index in [4.69, 9.17) is 5.11 Å². The lowest BCUT2D eigenvalue weighted by Gasteiger charge is -2.10. The average molecular weight is 348 g/mol. The summed E-state index contributed by atoms with van der Waals surface area (Å²) in [5.74, 6) is -1.29. The molecule has 0 unspecified atom stereocenters. The van der Waals surface area contributed by atoms with Crippen molar-refractivity contribution in [2.45, 2.75) is 13.3 Å². The minimum Gasteiger partial charge on any atom is -0.478 e. The van der Waals surface area contributed by atoms with Crippen LogP contribution in [-0.4, -0.2) is 17.0 Å². The molecular formula is C16H14BrNO3. The van der Waals surface area contributed by atoms with Crippen LogP contribution in [0.1, 0.15) is 21.5 Å². The zero-order chi connectivity index (χ0) is 15.4. The summed E-state index contributed by atoms with van der Waals surface area (Å²) in [5, 5.41) is 11.9. The van der Waals surface area contributed by atoms with Crippen LogP contribution >= 0.6 is 15.9 Å². The van der Waals surface area contributed by atoms with Gasteiger partial charge in [-0.05, 0) is 46.1 Å². The van der Waals surface area contributed by atoms with Crippen molar-refractivity contribution in [2.75, 3.05) is 5.32 Å². The molecule has 2 rings (SSSR count). The molecule has 0 aliphatic carbocycles. The minimum atomic E-state index is -1.03. The van der Waals surface area contributed by atoms with Crippen LogP contribution in [0.25, 0.3) is 0 Å². The predicted octanol–water partition coefficient (Wildman–Crippen LogP) is 3.64. The number of carbonyl (C=O) groups excluding carboxylic acids is 1. The molecule has 2 aromatic carbocycles. The van der Waals surface area contributed by atoms with E-state index in [1.165, 1.54) is 6.07 Å². The van der Waals surface area contributed by atoms with Gasteiger partial charge in [-0.3, -0.25) is 4.79 Å². The number of aryl methyl sites for hydroxylation is 1. The maximum Gasteiger partial charge on any atom is 0.335 e. The van der Waals surface area contributed by atoms with E-state index >= 15 is 0 Å². The van der Waals surface area contributed by atoms with Crippen LogP contribution in [0.4, 0.5) is 5.69 Å². The van der Waals surface area contributed by atoms with Gasteiger partial charge < -0.3 is 10.4 Å². The van der Waals surface area contributed by atoms with Crippen LogP contribution in [0.5, 0.6) is 0 Å². The van der Waals surface area contributed by atoms with Gasteiger partial charge in [0.25, 0.3) is 0 Å². The summed E-state index contributed by atoms with van der Waals surface area (Å²) in [5.41, 5.74) is 2.33. The quantitative estimate of drug-likeness (QED) is 0.887. The Morgan fingerprint density at radius 3 is 2.57 bits per heavy atom. The molecule has 0 aliphatic heterocycles. The number of carboxylic acid groups (broad SMARTS) is 1. The van der Waals surface area contributed by atoms with E-state index < -0.39 is 5.97 Å². The third-order valence-electron chi connectivity index (χ3n) is 3.06. The summed E-state index contributed by atoms with van der Waals surface area (Å²) in [6, 6.07) is 12.1. The van der Waals surface area contributed by atoms with E-state index in [9.17, 15) is 9.59 Å². The summed E-state index contributed by atoms with van der Waals surface area (Å²) in [4.78, 5) is 23.2.